The Morgan fingerprint density at radius 1 is 1.53 bits per heavy atom. The van der Waals surface area contributed by atoms with E-state index in [0.29, 0.717) is 11.3 Å². The lowest BCUT2D eigenvalue weighted by molar-refractivity contribution is 0.197. The van der Waals surface area contributed by atoms with Crippen LogP contribution in [-0.4, -0.2) is 24.2 Å². The Morgan fingerprint density at radius 3 is 2.73 bits per heavy atom. The highest BCUT2D eigenvalue weighted by molar-refractivity contribution is 6.18. The van der Waals surface area contributed by atoms with Crippen LogP contribution in [0.15, 0.2) is 12.1 Å². The van der Waals surface area contributed by atoms with E-state index in [1.54, 1.807) is 6.07 Å². The van der Waals surface area contributed by atoms with E-state index in [2.05, 4.69) is 0 Å². The van der Waals surface area contributed by atoms with Gasteiger partial charge in [0.1, 0.15) is 11.6 Å². The fourth-order valence-corrected chi connectivity index (χ4v) is 1.52. The average molecular weight is 233 g/mol. The van der Waals surface area contributed by atoms with Crippen LogP contribution >= 0.6 is 11.6 Å². The molecule has 84 valence electrons. The Morgan fingerprint density at radius 2 is 2.20 bits per heavy atom. The molecule has 0 spiro atoms. The monoisotopic (exact) mass is 232 g/mol. The molecule has 1 rings (SSSR count). The van der Waals surface area contributed by atoms with Crippen molar-refractivity contribution >= 4 is 11.6 Å². The Kier molecular flexibility index (Phi) is 4.36. The van der Waals surface area contributed by atoms with E-state index in [0.717, 1.165) is 5.56 Å². The molecule has 0 bridgehead atoms. The van der Waals surface area contributed by atoms with Gasteiger partial charge in [0.05, 0.1) is 13.2 Å². The summed E-state index contributed by atoms with van der Waals surface area (Å²) in [5.41, 5.74) is 1.30. The number of halogens is 2. The number of aliphatic hydroxyl groups excluding tert-OH is 1. The fourth-order valence-electron chi connectivity index (χ4n) is 1.41. The molecule has 0 aromatic heterocycles. The number of ether oxygens (including phenoxy) is 1. The molecule has 1 aromatic carbocycles. The van der Waals surface area contributed by atoms with Crippen molar-refractivity contribution in [2.45, 2.75) is 19.4 Å². The lowest BCUT2D eigenvalue weighted by Crippen LogP contribution is -2.13. The molecule has 0 heterocycles. The summed E-state index contributed by atoms with van der Waals surface area (Å²) in [6, 6.07) is 3.00. The molecule has 0 aliphatic heterocycles. The zero-order valence-corrected chi connectivity index (χ0v) is 9.51. The Hall–Kier alpha value is -0.800. The lowest BCUT2D eigenvalue weighted by Gasteiger charge is -2.11. The van der Waals surface area contributed by atoms with E-state index in [1.165, 1.54) is 13.2 Å². The third-order valence-corrected chi connectivity index (χ3v) is 2.55. The molecule has 0 radical (unpaired) electrons. The summed E-state index contributed by atoms with van der Waals surface area (Å²) < 4.78 is 18.5. The molecule has 0 aliphatic carbocycles. The zero-order valence-electron chi connectivity index (χ0n) is 8.76. The van der Waals surface area contributed by atoms with Crippen molar-refractivity contribution in [3.05, 3.63) is 29.1 Å². The van der Waals surface area contributed by atoms with Gasteiger partial charge in [0.25, 0.3) is 0 Å². The van der Waals surface area contributed by atoms with E-state index in [-0.39, 0.29) is 18.1 Å². The van der Waals surface area contributed by atoms with Crippen LogP contribution in [0.4, 0.5) is 4.39 Å². The number of benzene rings is 1. The van der Waals surface area contributed by atoms with Gasteiger partial charge in [-0.25, -0.2) is 4.39 Å². The molecule has 1 N–H and O–H groups in total. The molecule has 15 heavy (non-hydrogen) atoms. The number of alkyl halides is 1. The number of methoxy groups -OCH3 is 1. The highest BCUT2D eigenvalue weighted by atomic mass is 35.5. The van der Waals surface area contributed by atoms with Crippen molar-refractivity contribution in [2.75, 3.05) is 13.0 Å². The van der Waals surface area contributed by atoms with E-state index in [4.69, 9.17) is 16.3 Å². The maximum atomic E-state index is 13.5. The van der Waals surface area contributed by atoms with Crippen LogP contribution in [0.2, 0.25) is 0 Å². The van der Waals surface area contributed by atoms with Gasteiger partial charge in [-0.1, -0.05) is 0 Å². The van der Waals surface area contributed by atoms with Gasteiger partial charge in [-0.15, -0.1) is 11.6 Å². The Labute approximate surface area is 93.6 Å². The number of aryl methyl sites for hydroxylation is 1. The van der Waals surface area contributed by atoms with Gasteiger partial charge in [-0.2, -0.15) is 0 Å². The van der Waals surface area contributed by atoms with Gasteiger partial charge in [0.15, 0.2) is 0 Å². The van der Waals surface area contributed by atoms with Crippen molar-refractivity contribution in [1.82, 2.24) is 0 Å². The maximum Gasteiger partial charge on any atom is 0.130 e. The molecule has 0 saturated heterocycles. The van der Waals surface area contributed by atoms with Gasteiger partial charge < -0.3 is 9.84 Å². The first-order valence-corrected chi connectivity index (χ1v) is 5.19. The third-order valence-electron chi connectivity index (χ3n) is 2.20. The average Bonchev–Trinajstić information content (AvgIpc) is 2.22. The van der Waals surface area contributed by atoms with E-state index in [1.807, 2.05) is 6.92 Å². The molecule has 1 aromatic rings. The molecule has 0 unspecified atom stereocenters. The van der Waals surface area contributed by atoms with Crippen molar-refractivity contribution in [2.24, 2.45) is 0 Å². The van der Waals surface area contributed by atoms with Crippen LogP contribution in [0.3, 0.4) is 0 Å². The van der Waals surface area contributed by atoms with E-state index < -0.39 is 6.10 Å². The van der Waals surface area contributed by atoms with Gasteiger partial charge in [0.2, 0.25) is 0 Å². The molecule has 4 heteroatoms. The minimum Gasteiger partial charge on any atom is -0.496 e. The summed E-state index contributed by atoms with van der Waals surface area (Å²) in [5, 5.41) is 9.32. The molecular formula is C11H14ClFO2. The van der Waals surface area contributed by atoms with Crippen molar-refractivity contribution in [3.8, 4) is 5.75 Å². The van der Waals surface area contributed by atoms with E-state index in [9.17, 15) is 9.50 Å². The van der Waals surface area contributed by atoms with Gasteiger partial charge in [-0.05, 0) is 24.1 Å². The summed E-state index contributed by atoms with van der Waals surface area (Å²) in [5.74, 6) is 0.239. The van der Waals surface area contributed by atoms with Crippen LogP contribution in [0.5, 0.6) is 5.75 Å². The number of hydrogen-bond donors (Lipinski definition) is 1. The Bertz CT molecular complexity index is 342. The van der Waals surface area contributed by atoms with Crippen LogP contribution in [0.1, 0.15) is 11.1 Å². The molecule has 0 fully saturated rings. The molecule has 0 aliphatic rings. The van der Waals surface area contributed by atoms with Crippen LogP contribution in [0, 0.1) is 12.7 Å². The Balaban J connectivity index is 2.95. The normalized spacial score (nSPS) is 12.6. The second-order valence-corrected chi connectivity index (χ2v) is 3.73. The van der Waals surface area contributed by atoms with Crippen molar-refractivity contribution < 1.29 is 14.2 Å². The van der Waals surface area contributed by atoms with Crippen molar-refractivity contribution in [1.29, 1.82) is 0 Å². The summed E-state index contributed by atoms with van der Waals surface area (Å²) in [6.07, 6.45) is -0.492. The summed E-state index contributed by atoms with van der Waals surface area (Å²) in [4.78, 5) is 0. The largest absolute Gasteiger partial charge is 0.496 e. The summed E-state index contributed by atoms with van der Waals surface area (Å²) in [6.45, 7) is 1.83. The second kappa shape index (κ2) is 5.33. The summed E-state index contributed by atoms with van der Waals surface area (Å²) >= 11 is 5.46. The van der Waals surface area contributed by atoms with Gasteiger partial charge in [0, 0.05) is 18.4 Å². The van der Waals surface area contributed by atoms with Crippen molar-refractivity contribution in [3.63, 3.8) is 0 Å². The number of hydrogen-bond acceptors (Lipinski definition) is 2. The van der Waals surface area contributed by atoms with Gasteiger partial charge in [-0.3, -0.25) is 0 Å². The molecular weight excluding hydrogens is 219 g/mol. The maximum absolute atomic E-state index is 13.5. The quantitative estimate of drug-likeness (QED) is 0.808. The first kappa shape index (κ1) is 12.3. The second-order valence-electron chi connectivity index (χ2n) is 3.43. The third kappa shape index (κ3) is 3.08. The topological polar surface area (TPSA) is 29.5 Å². The minimum absolute atomic E-state index is 0.102. The van der Waals surface area contributed by atoms with E-state index >= 15 is 0 Å². The SMILES string of the molecule is COc1cc(F)c(C[C@@H](O)CCl)cc1C. The highest BCUT2D eigenvalue weighted by Gasteiger charge is 2.11. The molecule has 1 atom stereocenters. The first-order valence-electron chi connectivity index (χ1n) is 4.65. The molecule has 0 saturated carbocycles. The van der Waals surface area contributed by atoms with Crippen LogP contribution in [-0.2, 0) is 6.42 Å². The molecule has 2 nitrogen and oxygen atoms in total. The lowest BCUT2D eigenvalue weighted by atomic mass is 10.0. The predicted octanol–water partition coefficient (Wildman–Crippen LogP) is 2.28. The molecule has 0 amide bonds. The van der Waals surface area contributed by atoms with Crippen LogP contribution < -0.4 is 4.74 Å². The summed E-state index contributed by atoms with van der Waals surface area (Å²) in [7, 11) is 1.50. The standard InChI is InChI=1S/C11H14ClFO2/c1-7-3-8(4-9(14)6-12)10(13)5-11(7)15-2/h3,5,9,14H,4,6H2,1-2H3/t9-/m1/s1. The van der Waals surface area contributed by atoms with Crippen LogP contribution in [0.25, 0.3) is 0 Å². The predicted molar refractivity (Wildman–Crippen MR) is 58.1 cm³/mol. The smallest absolute Gasteiger partial charge is 0.130 e. The number of rotatable bonds is 4. The van der Waals surface area contributed by atoms with Gasteiger partial charge >= 0.3 is 0 Å². The highest BCUT2D eigenvalue weighted by Crippen LogP contribution is 2.22. The minimum atomic E-state index is -0.714. The zero-order chi connectivity index (χ0) is 11.4. The first-order chi connectivity index (χ1) is 7.08. The fraction of sp³-hybridized carbons (Fsp3) is 0.455. The number of aliphatic hydroxyl groups is 1.